The number of aryl methyl sites for hydroxylation is 2. The summed E-state index contributed by atoms with van der Waals surface area (Å²) in [7, 11) is 1.67. The van der Waals surface area contributed by atoms with Gasteiger partial charge in [-0.3, -0.25) is 0 Å². The van der Waals surface area contributed by atoms with Crippen LogP contribution in [0.2, 0.25) is 0 Å². The number of hydrogen-bond acceptors (Lipinski definition) is 4. The van der Waals surface area contributed by atoms with Crippen LogP contribution in [0.4, 0.5) is 0 Å². The minimum Gasteiger partial charge on any atom is -0.491 e. The fraction of sp³-hybridized carbons (Fsp3) is 0.600. The summed E-state index contributed by atoms with van der Waals surface area (Å²) in [5.74, 6) is 0.837. The number of methoxy groups -OCH3 is 1. The van der Waals surface area contributed by atoms with Gasteiger partial charge in [-0.15, -0.1) is 0 Å². The third kappa shape index (κ3) is 6.05. The van der Waals surface area contributed by atoms with Crippen LogP contribution in [-0.2, 0) is 4.74 Å². The molecule has 19 heavy (non-hydrogen) atoms. The normalized spacial score (nSPS) is 14.2. The van der Waals surface area contributed by atoms with Crippen LogP contribution < -0.4 is 10.1 Å². The van der Waals surface area contributed by atoms with Crippen molar-refractivity contribution in [1.29, 1.82) is 0 Å². The minimum absolute atomic E-state index is 0.145. The van der Waals surface area contributed by atoms with E-state index in [0.29, 0.717) is 13.2 Å². The van der Waals surface area contributed by atoms with Gasteiger partial charge in [0, 0.05) is 20.2 Å². The molecule has 0 aliphatic carbocycles. The predicted octanol–water partition coefficient (Wildman–Crippen LogP) is 1.67. The Kier molecular flexibility index (Phi) is 6.84. The molecule has 2 atom stereocenters. The Morgan fingerprint density at radius 1 is 1.26 bits per heavy atom. The van der Waals surface area contributed by atoms with Gasteiger partial charge in [0.05, 0.1) is 6.10 Å². The van der Waals surface area contributed by atoms with Gasteiger partial charge in [0.25, 0.3) is 0 Å². The molecule has 1 aromatic carbocycles. The van der Waals surface area contributed by atoms with Crippen LogP contribution in [-0.4, -0.2) is 44.1 Å². The van der Waals surface area contributed by atoms with E-state index in [4.69, 9.17) is 9.47 Å². The van der Waals surface area contributed by atoms with Crippen molar-refractivity contribution in [3.05, 3.63) is 29.3 Å². The van der Waals surface area contributed by atoms with Gasteiger partial charge in [-0.1, -0.05) is 12.1 Å². The molecule has 0 aliphatic heterocycles. The van der Waals surface area contributed by atoms with Crippen LogP contribution in [0.3, 0.4) is 0 Å². The number of aliphatic hydroxyl groups is 1. The molecule has 0 amide bonds. The number of aliphatic hydroxyl groups excluding tert-OH is 1. The topological polar surface area (TPSA) is 50.7 Å². The highest BCUT2D eigenvalue weighted by molar-refractivity contribution is 5.35. The molecular formula is C15H25NO3. The molecule has 2 N–H and O–H groups in total. The summed E-state index contributed by atoms with van der Waals surface area (Å²) in [6.07, 6.45) is -0.379. The van der Waals surface area contributed by atoms with Crippen molar-refractivity contribution in [2.45, 2.75) is 33.0 Å². The maximum absolute atomic E-state index is 9.83. The van der Waals surface area contributed by atoms with Crippen LogP contribution in [0, 0.1) is 13.8 Å². The molecule has 108 valence electrons. The van der Waals surface area contributed by atoms with E-state index in [1.165, 1.54) is 0 Å². The summed E-state index contributed by atoms with van der Waals surface area (Å²) in [4.78, 5) is 0. The van der Waals surface area contributed by atoms with Crippen molar-refractivity contribution in [3.63, 3.8) is 0 Å². The molecule has 0 heterocycles. The van der Waals surface area contributed by atoms with E-state index in [-0.39, 0.29) is 6.10 Å². The highest BCUT2D eigenvalue weighted by Crippen LogP contribution is 2.19. The van der Waals surface area contributed by atoms with E-state index in [1.54, 1.807) is 7.11 Å². The third-order valence-electron chi connectivity index (χ3n) is 2.99. The van der Waals surface area contributed by atoms with Crippen LogP contribution in [0.1, 0.15) is 18.1 Å². The Balaban J connectivity index is 2.29. The van der Waals surface area contributed by atoms with Crippen LogP contribution in [0.5, 0.6) is 5.75 Å². The summed E-state index contributed by atoms with van der Waals surface area (Å²) in [5.41, 5.74) is 2.24. The SMILES string of the molecule is COC(C)CNCC(O)COc1cc(C)ccc1C. The molecule has 0 aliphatic rings. The van der Waals surface area contributed by atoms with Gasteiger partial charge in [0.2, 0.25) is 0 Å². The van der Waals surface area contributed by atoms with E-state index in [0.717, 1.165) is 23.4 Å². The summed E-state index contributed by atoms with van der Waals surface area (Å²) in [6.45, 7) is 7.51. The minimum atomic E-state index is -0.524. The lowest BCUT2D eigenvalue weighted by molar-refractivity contribution is 0.0902. The molecule has 4 heteroatoms. The number of benzene rings is 1. The number of ether oxygens (including phenoxy) is 2. The second-order valence-electron chi connectivity index (χ2n) is 4.94. The summed E-state index contributed by atoms with van der Waals surface area (Å²) >= 11 is 0. The Bertz CT molecular complexity index is 382. The Morgan fingerprint density at radius 3 is 2.68 bits per heavy atom. The van der Waals surface area contributed by atoms with Crippen molar-refractivity contribution < 1.29 is 14.6 Å². The molecular weight excluding hydrogens is 242 g/mol. The van der Waals surface area contributed by atoms with Crippen molar-refractivity contribution in [3.8, 4) is 5.75 Å². The first-order valence-corrected chi connectivity index (χ1v) is 6.64. The van der Waals surface area contributed by atoms with Gasteiger partial charge < -0.3 is 19.9 Å². The standard InChI is InChI=1S/C15H25NO3/c1-11-5-6-12(2)15(7-11)19-10-14(17)9-16-8-13(3)18-4/h5-7,13-14,16-17H,8-10H2,1-4H3. The Morgan fingerprint density at radius 2 is 2.00 bits per heavy atom. The van der Waals surface area contributed by atoms with Crippen molar-refractivity contribution in [2.24, 2.45) is 0 Å². The van der Waals surface area contributed by atoms with E-state index in [1.807, 2.05) is 39.0 Å². The van der Waals surface area contributed by atoms with Crippen molar-refractivity contribution >= 4 is 0 Å². The summed E-state index contributed by atoms with van der Waals surface area (Å²) in [5, 5.41) is 13.0. The van der Waals surface area contributed by atoms with Crippen LogP contribution in [0.15, 0.2) is 18.2 Å². The third-order valence-corrected chi connectivity index (χ3v) is 2.99. The van der Waals surface area contributed by atoms with Gasteiger partial charge in [-0.2, -0.15) is 0 Å². The summed E-state index contributed by atoms with van der Waals surface area (Å²) < 4.78 is 10.8. The zero-order chi connectivity index (χ0) is 14.3. The molecule has 0 saturated carbocycles. The second kappa shape index (κ2) is 8.15. The molecule has 0 radical (unpaired) electrons. The number of hydrogen-bond donors (Lipinski definition) is 2. The largest absolute Gasteiger partial charge is 0.491 e. The van der Waals surface area contributed by atoms with Gasteiger partial charge in [0.1, 0.15) is 18.5 Å². The lowest BCUT2D eigenvalue weighted by Crippen LogP contribution is -2.35. The molecule has 0 fully saturated rings. The first-order chi connectivity index (χ1) is 9.02. The van der Waals surface area contributed by atoms with E-state index in [2.05, 4.69) is 5.32 Å². The lowest BCUT2D eigenvalue weighted by atomic mass is 10.1. The maximum Gasteiger partial charge on any atom is 0.122 e. The first kappa shape index (κ1) is 16.0. The lowest BCUT2D eigenvalue weighted by Gasteiger charge is -2.16. The molecule has 1 aromatic rings. The van der Waals surface area contributed by atoms with E-state index < -0.39 is 6.10 Å². The maximum atomic E-state index is 9.83. The fourth-order valence-electron chi connectivity index (χ4n) is 1.64. The average molecular weight is 267 g/mol. The van der Waals surface area contributed by atoms with E-state index >= 15 is 0 Å². The highest BCUT2D eigenvalue weighted by atomic mass is 16.5. The van der Waals surface area contributed by atoms with Gasteiger partial charge >= 0.3 is 0 Å². The number of rotatable bonds is 8. The highest BCUT2D eigenvalue weighted by Gasteiger charge is 2.07. The zero-order valence-corrected chi connectivity index (χ0v) is 12.3. The molecule has 0 saturated heterocycles. The second-order valence-corrected chi connectivity index (χ2v) is 4.94. The Labute approximate surface area is 115 Å². The van der Waals surface area contributed by atoms with Crippen molar-refractivity contribution in [1.82, 2.24) is 5.32 Å². The van der Waals surface area contributed by atoms with E-state index in [9.17, 15) is 5.11 Å². The number of nitrogens with one attached hydrogen (secondary N) is 1. The summed E-state index contributed by atoms with van der Waals surface area (Å²) in [6, 6.07) is 6.06. The molecule has 1 rings (SSSR count). The zero-order valence-electron chi connectivity index (χ0n) is 12.3. The first-order valence-electron chi connectivity index (χ1n) is 6.64. The van der Waals surface area contributed by atoms with Gasteiger partial charge in [-0.05, 0) is 38.0 Å². The van der Waals surface area contributed by atoms with Gasteiger partial charge in [0.15, 0.2) is 0 Å². The fourth-order valence-corrected chi connectivity index (χ4v) is 1.64. The molecule has 0 aromatic heterocycles. The predicted molar refractivity (Wildman–Crippen MR) is 76.8 cm³/mol. The van der Waals surface area contributed by atoms with Gasteiger partial charge in [-0.25, -0.2) is 0 Å². The van der Waals surface area contributed by atoms with Crippen LogP contribution in [0.25, 0.3) is 0 Å². The molecule has 2 unspecified atom stereocenters. The smallest absolute Gasteiger partial charge is 0.122 e. The quantitative estimate of drug-likeness (QED) is 0.752. The Hall–Kier alpha value is -1.10. The molecule has 0 bridgehead atoms. The molecule has 0 spiro atoms. The average Bonchev–Trinajstić information content (AvgIpc) is 2.39. The van der Waals surface area contributed by atoms with Crippen LogP contribution >= 0.6 is 0 Å². The monoisotopic (exact) mass is 267 g/mol. The van der Waals surface area contributed by atoms with Crippen molar-refractivity contribution in [2.75, 3.05) is 26.8 Å². The molecule has 4 nitrogen and oxygen atoms in total.